The summed E-state index contributed by atoms with van der Waals surface area (Å²) in [6, 6.07) is 15.5. The van der Waals surface area contributed by atoms with Crippen LogP contribution in [0.25, 0.3) is 10.6 Å². The fourth-order valence-electron chi connectivity index (χ4n) is 2.20. The quantitative estimate of drug-likeness (QED) is 0.234. The van der Waals surface area contributed by atoms with Crippen molar-refractivity contribution in [3.8, 4) is 10.6 Å². The number of halogens is 1. The van der Waals surface area contributed by atoms with E-state index in [0.717, 1.165) is 37.5 Å². The van der Waals surface area contributed by atoms with Gasteiger partial charge in [-0.15, -0.1) is 36.1 Å². The minimum atomic E-state index is -0.732. The smallest absolute Gasteiger partial charge is 0.850 e. The van der Waals surface area contributed by atoms with Gasteiger partial charge in [0.2, 0.25) is 0 Å². The van der Waals surface area contributed by atoms with Crippen LogP contribution in [0.15, 0.2) is 69.5 Å². The molecule has 0 aliphatic carbocycles. The number of thioether (sulfide) groups is 1. The third-order valence-corrected chi connectivity index (χ3v) is 5.99. The van der Waals surface area contributed by atoms with Gasteiger partial charge >= 0.3 is 29.6 Å². The van der Waals surface area contributed by atoms with Crippen molar-refractivity contribution in [2.24, 2.45) is 4.99 Å². The second kappa shape index (κ2) is 14.2. The molecule has 1 unspecified atom stereocenters. The summed E-state index contributed by atoms with van der Waals surface area (Å²) in [5, 5.41) is 15.5. The van der Waals surface area contributed by atoms with Crippen LogP contribution < -0.4 is 34.7 Å². The summed E-state index contributed by atoms with van der Waals surface area (Å²) in [6.45, 7) is 14.8. The summed E-state index contributed by atoms with van der Waals surface area (Å²) < 4.78 is 0. The van der Waals surface area contributed by atoms with Gasteiger partial charge in [0, 0.05) is 26.6 Å². The van der Waals surface area contributed by atoms with Crippen LogP contribution in [0.3, 0.4) is 0 Å². The molecule has 0 fully saturated rings. The molecule has 0 saturated carbocycles. The van der Waals surface area contributed by atoms with Crippen LogP contribution in [0, 0.1) is 13.5 Å². The normalized spacial score (nSPS) is 10.9. The molecule has 3 nitrogen and oxygen atoms in total. The molecule has 1 aromatic heterocycles. The third kappa shape index (κ3) is 9.06. The summed E-state index contributed by atoms with van der Waals surface area (Å²) >= 11 is 9.27. The second-order valence-corrected chi connectivity index (χ2v) is 8.40. The molecular formula is C23H21ClN2NaOS2-3. The number of aliphatic imine (C=N–C) groups is 1. The molecule has 1 atom stereocenters. The van der Waals surface area contributed by atoms with E-state index >= 15 is 0 Å². The first-order chi connectivity index (χ1) is 13.9. The topological polar surface area (TPSA) is 48.3 Å². The Morgan fingerprint density at radius 2 is 1.83 bits per heavy atom. The number of hydrogen-bond donors (Lipinski definition) is 0. The third-order valence-electron chi connectivity index (χ3n) is 3.75. The molecule has 30 heavy (non-hydrogen) atoms. The van der Waals surface area contributed by atoms with E-state index in [2.05, 4.69) is 29.0 Å². The zero-order valence-electron chi connectivity index (χ0n) is 17.0. The van der Waals surface area contributed by atoms with Gasteiger partial charge in [-0.3, -0.25) is 0 Å². The number of rotatable bonds is 7. The Labute approximate surface area is 214 Å². The summed E-state index contributed by atoms with van der Waals surface area (Å²) in [5.74, 6) is 0.805. The molecule has 3 aromatic rings. The number of benzene rings is 2. The molecule has 0 N–H and O–H groups in total. The first-order valence-corrected chi connectivity index (χ1v) is 11.1. The summed E-state index contributed by atoms with van der Waals surface area (Å²) in [4.78, 5) is 8.90. The van der Waals surface area contributed by atoms with Crippen LogP contribution in [0.5, 0.6) is 0 Å². The first kappa shape index (κ1) is 27.1. The summed E-state index contributed by atoms with van der Waals surface area (Å²) in [7, 11) is 0. The van der Waals surface area contributed by atoms with Gasteiger partial charge in [-0.05, 0) is 24.3 Å². The van der Waals surface area contributed by atoms with Crippen LogP contribution >= 0.6 is 34.7 Å². The van der Waals surface area contributed by atoms with E-state index in [1.54, 1.807) is 30.0 Å². The maximum absolute atomic E-state index is 11.7. The van der Waals surface area contributed by atoms with Gasteiger partial charge in [-0.2, -0.15) is 13.1 Å². The first-order valence-electron chi connectivity index (χ1n) is 8.81. The van der Waals surface area contributed by atoms with E-state index in [-0.39, 0.29) is 29.6 Å². The van der Waals surface area contributed by atoms with E-state index in [1.807, 2.05) is 48.5 Å². The standard InChI is InChI=1S/C19H16ClNOS2.C4H5N.Na/c1-2-18(22)13-5-9-17(10-6-13)23-11-16-12-24-19(21-16)14-3-7-15(20)8-4-14;1-4(2)5-3;/h3-10,12,18H,1-2,11H2;1,3H,2H3;/q2*-2;+1. The minimum Gasteiger partial charge on any atom is -0.850 e. The fraction of sp³-hybridized carbons (Fsp3) is 0.174. The Hall–Kier alpha value is -0.920. The Morgan fingerprint density at radius 1 is 1.23 bits per heavy atom. The molecule has 0 amide bonds. The van der Waals surface area contributed by atoms with Crippen molar-refractivity contribution >= 4 is 41.4 Å². The van der Waals surface area contributed by atoms with Gasteiger partial charge in [0.05, 0.1) is 5.69 Å². The molecule has 0 bridgehead atoms. The van der Waals surface area contributed by atoms with E-state index in [1.165, 1.54) is 0 Å². The number of thiazole rings is 1. The van der Waals surface area contributed by atoms with Crippen molar-refractivity contribution in [2.45, 2.75) is 30.1 Å². The molecule has 3 rings (SSSR count). The predicted molar refractivity (Wildman–Crippen MR) is 123 cm³/mol. The Kier molecular flexibility index (Phi) is 12.8. The van der Waals surface area contributed by atoms with Crippen LogP contribution in [0.1, 0.15) is 30.7 Å². The summed E-state index contributed by atoms with van der Waals surface area (Å²) in [6.07, 6.45) is -0.358. The average Bonchev–Trinajstić information content (AvgIpc) is 3.22. The van der Waals surface area contributed by atoms with Gasteiger partial charge in [0.1, 0.15) is 5.01 Å². The van der Waals surface area contributed by atoms with Crippen LogP contribution in [0.2, 0.25) is 5.02 Å². The fourth-order valence-corrected chi connectivity index (χ4v) is 4.05. The van der Waals surface area contributed by atoms with Crippen LogP contribution in [-0.2, 0) is 5.75 Å². The van der Waals surface area contributed by atoms with Crippen molar-refractivity contribution in [2.75, 3.05) is 0 Å². The zero-order valence-corrected chi connectivity index (χ0v) is 21.4. The SMILES string of the molecule is [CH-]=NC(=[CH-])C.[CH2-]CC([O-])c1ccc(SCc2csc(-c3ccc(Cl)cc3)n2)cc1.[Na+]. The largest absolute Gasteiger partial charge is 1.00 e. The molecule has 152 valence electrons. The van der Waals surface area contributed by atoms with Gasteiger partial charge in [0.15, 0.2) is 0 Å². The molecule has 1 heterocycles. The van der Waals surface area contributed by atoms with Crippen LogP contribution in [-0.4, -0.2) is 11.7 Å². The maximum Gasteiger partial charge on any atom is 1.00 e. The van der Waals surface area contributed by atoms with Crippen molar-refractivity contribution in [1.82, 2.24) is 4.98 Å². The number of aromatic nitrogens is 1. The van der Waals surface area contributed by atoms with Crippen molar-refractivity contribution in [3.63, 3.8) is 0 Å². The van der Waals surface area contributed by atoms with Crippen molar-refractivity contribution < 1.29 is 34.7 Å². The second-order valence-electron chi connectivity index (χ2n) is 6.06. The van der Waals surface area contributed by atoms with Gasteiger partial charge in [-0.25, -0.2) is 4.98 Å². The Morgan fingerprint density at radius 3 is 2.37 bits per heavy atom. The molecule has 0 saturated heterocycles. The monoisotopic (exact) mass is 463 g/mol. The molecule has 0 aliphatic rings. The van der Waals surface area contributed by atoms with E-state index in [9.17, 15) is 5.11 Å². The summed E-state index contributed by atoms with van der Waals surface area (Å²) in [5.41, 5.74) is 3.34. The number of nitrogens with zero attached hydrogens (tertiary/aromatic N) is 2. The number of allylic oxidation sites excluding steroid dienone is 1. The predicted octanol–water partition coefficient (Wildman–Crippen LogP) is 3.29. The van der Waals surface area contributed by atoms with E-state index < -0.39 is 6.10 Å². The average molecular weight is 464 g/mol. The molecule has 0 aliphatic heterocycles. The van der Waals surface area contributed by atoms with Crippen LogP contribution in [0.4, 0.5) is 0 Å². The Balaban J connectivity index is 0.000000674. The minimum absolute atomic E-state index is 0. The number of hydrogen-bond acceptors (Lipinski definition) is 5. The van der Waals surface area contributed by atoms with Gasteiger partial charge in [0.25, 0.3) is 0 Å². The van der Waals surface area contributed by atoms with Gasteiger partial charge < -0.3 is 29.3 Å². The maximum atomic E-state index is 11.7. The van der Waals surface area contributed by atoms with E-state index in [0.29, 0.717) is 12.1 Å². The molecule has 0 spiro atoms. The molecule has 2 aromatic carbocycles. The van der Waals surface area contributed by atoms with E-state index in [4.69, 9.17) is 18.2 Å². The molecular weight excluding hydrogens is 443 g/mol. The molecule has 0 radical (unpaired) electrons. The Bertz CT molecular complexity index is 927. The molecule has 7 heteroatoms. The van der Waals surface area contributed by atoms with Crippen molar-refractivity contribution in [3.05, 3.63) is 89.4 Å². The zero-order chi connectivity index (χ0) is 21.2. The van der Waals surface area contributed by atoms with Gasteiger partial charge in [-0.1, -0.05) is 41.4 Å². The van der Waals surface area contributed by atoms with Crippen molar-refractivity contribution in [1.29, 1.82) is 0 Å².